The number of hydrogen-bond acceptors (Lipinski definition) is 13. The number of nitrogens with two attached hydrogens (primary N) is 1. The molecule has 43 heavy (non-hydrogen) atoms. The van der Waals surface area contributed by atoms with Gasteiger partial charge in [0.05, 0.1) is 18.1 Å². The molecule has 0 bridgehead atoms. The number of carbonyl (C=O) groups excluding carboxylic acids is 3. The van der Waals surface area contributed by atoms with E-state index < -0.39 is 96.1 Å². The van der Waals surface area contributed by atoms with Crippen molar-refractivity contribution in [2.45, 2.75) is 147 Å². The Kier molecular flexibility index (Phi) is 12.0. The molecule has 10 atom stereocenters. The number of hydrogen-bond donors (Lipinski definition) is 8. The maximum Gasteiger partial charge on any atom is 0.407 e. The average molecular weight is 623 g/mol. The summed E-state index contributed by atoms with van der Waals surface area (Å²) in [7, 11) is 0. The third-order valence-corrected chi connectivity index (χ3v) is 6.29. The summed E-state index contributed by atoms with van der Waals surface area (Å²) >= 11 is 0. The van der Waals surface area contributed by atoms with Gasteiger partial charge in [0.2, 0.25) is 0 Å². The predicted octanol–water partition coefficient (Wildman–Crippen LogP) is -0.418. The van der Waals surface area contributed by atoms with Gasteiger partial charge < -0.3 is 65.8 Å². The van der Waals surface area contributed by atoms with Gasteiger partial charge >= 0.3 is 18.3 Å². The Balaban J connectivity index is 2.25. The largest absolute Gasteiger partial charge is 0.444 e. The van der Waals surface area contributed by atoms with Crippen LogP contribution < -0.4 is 21.7 Å². The van der Waals surface area contributed by atoms with Crippen molar-refractivity contribution in [2.24, 2.45) is 5.73 Å². The molecule has 16 heteroatoms. The van der Waals surface area contributed by atoms with Crippen molar-refractivity contribution in [3.05, 3.63) is 0 Å². The Hall–Kier alpha value is -2.47. The van der Waals surface area contributed by atoms with Crippen LogP contribution in [0.5, 0.6) is 0 Å². The molecule has 1 saturated heterocycles. The molecular formula is C27H50N4O12. The molecule has 2 aliphatic rings. The summed E-state index contributed by atoms with van der Waals surface area (Å²) in [5.74, 6) is 0. The number of alkyl carbamates (subject to hydrolysis) is 3. The van der Waals surface area contributed by atoms with E-state index in [0.29, 0.717) is 0 Å². The van der Waals surface area contributed by atoms with Gasteiger partial charge in [-0.3, -0.25) is 0 Å². The first-order chi connectivity index (χ1) is 19.5. The molecule has 0 spiro atoms. The lowest BCUT2D eigenvalue weighted by atomic mass is 9.83. The smallest absolute Gasteiger partial charge is 0.407 e. The molecule has 2 fully saturated rings. The van der Waals surface area contributed by atoms with E-state index >= 15 is 0 Å². The fourth-order valence-corrected chi connectivity index (χ4v) is 4.49. The molecule has 1 saturated carbocycles. The Labute approximate surface area is 251 Å². The van der Waals surface area contributed by atoms with Crippen LogP contribution in [0, 0.1) is 0 Å². The van der Waals surface area contributed by atoms with E-state index in [1.807, 2.05) is 0 Å². The molecule has 0 aromatic carbocycles. The van der Waals surface area contributed by atoms with E-state index in [9.17, 15) is 34.8 Å². The highest BCUT2D eigenvalue weighted by Crippen LogP contribution is 2.29. The molecule has 250 valence electrons. The van der Waals surface area contributed by atoms with Gasteiger partial charge in [-0.25, -0.2) is 14.4 Å². The Morgan fingerprint density at radius 1 is 0.721 bits per heavy atom. The van der Waals surface area contributed by atoms with Crippen LogP contribution >= 0.6 is 0 Å². The van der Waals surface area contributed by atoms with Crippen molar-refractivity contribution in [3.8, 4) is 0 Å². The van der Waals surface area contributed by atoms with Gasteiger partial charge in [-0.05, 0) is 68.7 Å². The molecule has 1 aliphatic carbocycles. The number of ether oxygens (including phenoxy) is 5. The second kappa shape index (κ2) is 14.1. The van der Waals surface area contributed by atoms with Gasteiger partial charge in [-0.2, -0.15) is 0 Å². The number of carbonyl (C=O) groups is 3. The van der Waals surface area contributed by atoms with Crippen LogP contribution in [0.4, 0.5) is 14.4 Å². The fraction of sp³-hybridized carbons (Fsp3) is 0.889. The molecule has 3 amide bonds. The first-order valence-corrected chi connectivity index (χ1v) is 14.2. The van der Waals surface area contributed by atoms with E-state index in [1.54, 1.807) is 62.3 Å². The number of aliphatic hydroxyl groups excluding tert-OH is 4. The van der Waals surface area contributed by atoms with Gasteiger partial charge in [0.1, 0.15) is 53.4 Å². The van der Waals surface area contributed by atoms with Crippen LogP contribution in [0.25, 0.3) is 0 Å². The lowest BCUT2D eigenvalue weighted by Gasteiger charge is -2.47. The first kappa shape index (κ1) is 36.7. The minimum absolute atomic E-state index is 0.141. The third-order valence-electron chi connectivity index (χ3n) is 6.29. The average Bonchev–Trinajstić information content (AvgIpc) is 2.80. The Morgan fingerprint density at radius 3 is 1.67 bits per heavy atom. The summed E-state index contributed by atoms with van der Waals surface area (Å²) in [5, 5.41) is 50.7. The van der Waals surface area contributed by atoms with Crippen LogP contribution in [-0.4, -0.2) is 123 Å². The summed E-state index contributed by atoms with van der Waals surface area (Å²) < 4.78 is 27.5. The van der Waals surface area contributed by atoms with Crippen LogP contribution in [0.1, 0.15) is 68.7 Å². The van der Waals surface area contributed by atoms with Crippen molar-refractivity contribution in [2.75, 3.05) is 6.54 Å². The lowest BCUT2D eigenvalue weighted by Crippen LogP contribution is -2.69. The molecule has 16 nitrogen and oxygen atoms in total. The molecule has 0 radical (unpaired) electrons. The summed E-state index contributed by atoms with van der Waals surface area (Å²) in [6, 6.07) is -3.49. The zero-order chi connectivity index (χ0) is 33.1. The molecule has 1 aliphatic heterocycles. The zero-order valence-corrected chi connectivity index (χ0v) is 26.3. The van der Waals surface area contributed by atoms with Crippen molar-refractivity contribution in [3.63, 3.8) is 0 Å². The summed E-state index contributed by atoms with van der Waals surface area (Å²) in [4.78, 5) is 37.3. The van der Waals surface area contributed by atoms with Crippen LogP contribution in [0.2, 0.25) is 0 Å². The highest BCUT2D eigenvalue weighted by molar-refractivity contribution is 5.69. The summed E-state index contributed by atoms with van der Waals surface area (Å²) in [6.07, 6.45) is -13.1. The number of nitrogens with one attached hydrogen (secondary N) is 3. The van der Waals surface area contributed by atoms with Crippen LogP contribution in [0.3, 0.4) is 0 Å². The van der Waals surface area contributed by atoms with Gasteiger partial charge in [0.25, 0.3) is 0 Å². The topological polar surface area (TPSA) is 240 Å². The van der Waals surface area contributed by atoms with E-state index in [4.69, 9.17) is 29.4 Å². The van der Waals surface area contributed by atoms with Crippen molar-refractivity contribution < 1.29 is 58.5 Å². The molecule has 2 rings (SSSR count). The minimum Gasteiger partial charge on any atom is -0.444 e. The number of aliphatic hydroxyl groups is 4. The summed E-state index contributed by atoms with van der Waals surface area (Å²) in [6.45, 7) is 14.6. The third kappa shape index (κ3) is 11.5. The SMILES string of the molecule is CC(C)(C)OC(=O)NC[C@H]1O[C@H](O[C@H]2[C@H](O)[C@@H](O)[C@H](NC(=O)OC(C)(C)C)C[C@@H]2NC(=O)OC(C)(C)C)[C@H](N)[C@@H](O)[C@@H]1O. The molecule has 0 aromatic rings. The predicted molar refractivity (Wildman–Crippen MR) is 151 cm³/mol. The number of rotatable bonds is 6. The highest BCUT2D eigenvalue weighted by atomic mass is 16.7. The van der Waals surface area contributed by atoms with Gasteiger partial charge in [0.15, 0.2) is 6.29 Å². The Morgan fingerprint density at radius 2 is 1.19 bits per heavy atom. The van der Waals surface area contributed by atoms with E-state index in [2.05, 4.69) is 16.0 Å². The number of amides is 3. The second-order valence-electron chi connectivity index (χ2n) is 13.8. The molecular weight excluding hydrogens is 572 g/mol. The first-order valence-electron chi connectivity index (χ1n) is 14.2. The molecule has 0 unspecified atom stereocenters. The molecule has 1 heterocycles. The highest BCUT2D eigenvalue weighted by Gasteiger charge is 2.50. The van der Waals surface area contributed by atoms with Crippen molar-refractivity contribution in [1.29, 1.82) is 0 Å². The maximum atomic E-state index is 12.7. The van der Waals surface area contributed by atoms with Crippen LogP contribution in [-0.2, 0) is 23.7 Å². The fourth-order valence-electron chi connectivity index (χ4n) is 4.49. The van der Waals surface area contributed by atoms with Gasteiger partial charge in [-0.1, -0.05) is 0 Å². The summed E-state index contributed by atoms with van der Waals surface area (Å²) in [5.41, 5.74) is 3.60. The molecule has 0 aromatic heterocycles. The molecule has 9 N–H and O–H groups in total. The van der Waals surface area contributed by atoms with Crippen LogP contribution in [0.15, 0.2) is 0 Å². The quantitative estimate of drug-likeness (QED) is 0.176. The lowest BCUT2D eigenvalue weighted by molar-refractivity contribution is -0.289. The normalized spacial score (nSPS) is 33.6. The van der Waals surface area contributed by atoms with Crippen molar-refractivity contribution >= 4 is 18.3 Å². The van der Waals surface area contributed by atoms with E-state index in [-0.39, 0.29) is 13.0 Å². The van der Waals surface area contributed by atoms with Crippen molar-refractivity contribution in [1.82, 2.24) is 16.0 Å². The zero-order valence-electron chi connectivity index (χ0n) is 26.3. The standard InChI is InChI=1S/C27H50N4O12/c1-25(2,3)41-22(36)29-11-14-17(33)18(34)15(28)21(39-14)40-20-13(31-24(38)43-27(7,8)9)10-12(16(32)19(20)35)30-23(37)42-26(4,5)6/h12-21,32-35H,10-11,28H2,1-9H3,(H,29,36)(H,30,37)(H,31,38)/t12-,13+,14-,15-,16+,17-,18-,19-,20-,21-/m1/s1. The minimum atomic E-state index is -1.72. The van der Waals surface area contributed by atoms with E-state index in [0.717, 1.165) is 0 Å². The van der Waals surface area contributed by atoms with E-state index in [1.165, 1.54) is 0 Å². The Bertz CT molecular complexity index is 963. The monoisotopic (exact) mass is 622 g/mol. The second-order valence-corrected chi connectivity index (χ2v) is 13.8. The maximum absolute atomic E-state index is 12.7. The van der Waals surface area contributed by atoms with Gasteiger partial charge in [0, 0.05) is 6.54 Å². The van der Waals surface area contributed by atoms with Gasteiger partial charge in [-0.15, -0.1) is 0 Å².